The Kier molecular flexibility index (Phi) is 5.38. The maximum atomic E-state index is 2.49. The molecule has 0 amide bonds. The van der Waals surface area contributed by atoms with Gasteiger partial charge in [0.05, 0.1) is 0 Å². The summed E-state index contributed by atoms with van der Waals surface area (Å²) in [5.74, 6) is 0.329. The van der Waals surface area contributed by atoms with Crippen molar-refractivity contribution in [2.24, 2.45) is 0 Å². The summed E-state index contributed by atoms with van der Waals surface area (Å²) in [6.07, 6.45) is 8.18. The second-order valence-corrected chi connectivity index (χ2v) is 13.5. The van der Waals surface area contributed by atoms with Gasteiger partial charge in [0.25, 0.3) is 0 Å². The summed E-state index contributed by atoms with van der Waals surface area (Å²) in [7, 11) is 0. The Balaban J connectivity index is 1.13. The molecule has 1 heterocycles. The van der Waals surface area contributed by atoms with E-state index in [1.165, 1.54) is 90.7 Å². The Morgan fingerprint density at radius 2 is 1.11 bits per heavy atom. The highest BCUT2D eigenvalue weighted by molar-refractivity contribution is 7.26. The summed E-state index contributed by atoms with van der Waals surface area (Å²) in [5, 5.41) is 16.0. The molecular weight excluding hydrogens is 561 g/mol. The number of rotatable bonds is 2. The molecule has 0 N–H and O–H groups in total. The molecule has 9 aromatic rings. The van der Waals surface area contributed by atoms with E-state index in [9.17, 15) is 0 Å². The summed E-state index contributed by atoms with van der Waals surface area (Å²) in [6, 6.07) is 49.8. The summed E-state index contributed by atoms with van der Waals surface area (Å²) in [5.41, 5.74) is 3.96. The number of thiophene rings is 1. The van der Waals surface area contributed by atoms with Crippen LogP contribution in [0.1, 0.15) is 23.5 Å². The fourth-order valence-corrected chi connectivity index (χ4v) is 9.03. The molecule has 1 atom stereocenters. The van der Waals surface area contributed by atoms with Gasteiger partial charge in [-0.15, -0.1) is 11.3 Å². The van der Waals surface area contributed by atoms with Gasteiger partial charge in [-0.25, -0.2) is 0 Å². The molecular formula is C44H28S. The van der Waals surface area contributed by atoms with Gasteiger partial charge in [0.1, 0.15) is 0 Å². The smallest absolute Gasteiger partial charge is 0.0440 e. The first-order valence-electron chi connectivity index (χ1n) is 15.8. The number of hydrogen-bond acceptors (Lipinski definition) is 1. The van der Waals surface area contributed by atoms with Crippen molar-refractivity contribution in [1.82, 2.24) is 0 Å². The second kappa shape index (κ2) is 9.63. The van der Waals surface area contributed by atoms with Crippen LogP contribution in [0.5, 0.6) is 0 Å². The van der Waals surface area contributed by atoms with E-state index < -0.39 is 0 Å². The van der Waals surface area contributed by atoms with Crippen LogP contribution in [0, 0.1) is 0 Å². The van der Waals surface area contributed by atoms with E-state index in [4.69, 9.17) is 0 Å². The SMILES string of the molecule is C1=CC(c2ccc3c4ccccc4c4ccccc4c3c2)=CC(c2ccc3ccc4ccc5c6ccccc6sc5c4c3c2)C1. The average Bonchev–Trinajstić information content (AvgIpc) is 3.50. The van der Waals surface area contributed by atoms with Crippen molar-refractivity contribution in [3.63, 3.8) is 0 Å². The molecule has 0 spiro atoms. The molecule has 1 aliphatic rings. The molecule has 0 radical (unpaired) electrons. The van der Waals surface area contributed by atoms with Crippen LogP contribution >= 0.6 is 11.3 Å². The van der Waals surface area contributed by atoms with Crippen molar-refractivity contribution in [2.75, 3.05) is 0 Å². The molecule has 0 saturated heterocycles. The number of allylic oxidation sites excluding steroid dienone is 4. The molecule has 0 aliphatic heterocycles. The number of benzene rings is 8. The predicted molar refractivity (Wildman–Crippen MR) is 198 cm³/mol. The summed E-state index contributed by atoms with van der Waals surface area (Å²) in [6.45, 7) is 0. The highest BCUT2D eigenvalue weighted by atomic mass is 32.1. The number of hydrogen-bond donors (Lipinski definition) is 0. The quantitative estimate of drug-likeness (QED) is 0.176. The molecule has 210 valence electrons. The first-order valence-corrected chi connectivity index (χ1v) is 16.6. The predicted octanol–water partition coefficient (Wildman–Crippen LogP) is 12.9. The third kappa shape index (κ3) is 3.78. The lowest BCUT2D eigenvalue weighted by molar-refractivity contribution is 0.859. The van der Waals surface area contributed by atoms with Crippen LogP contribution in [0.25, 0.3) is 79.6 Å². The van der Waals surface area contributed by atoms with Crippen molar-refractivity contribution >= 4 is 90.9 Å². The lowest BCUT2D eigenvalue weighted by atomic mass is 9.85. The Bertz CT molecular complexity index is 2700. The van der Waals surface area contributed by atoms with Gasteiger partial charge in [0.15, 0.2) is 0 Å². The van der Waals surface area contributed by atoms with Crippen LogP contribution in [0.4, 0.5) is 0 Å². The van der Waals surface area contributed by atoms with Crippen LogP contribution in [0.2, 0.25) is 0 Å². The largest absolute Gasteiger partial charge is 0.135 e. The van der Waals surface area contributed by atoms with Crippen molar-refractivity contribution in [2.45, 2.75) is 12.3 Å². The first kappa shape index (κ1) is 25.1. The zero-order valence-corrected chi connectivity index (χ0v) is 25.4. The van der Waals surface area contributed by atoms with Gasteiger partial charge in [-0.3, -0.25) is 0 Å². The van der Waals surface area contributed by atoms with E-state index in [1.807, 2.05) is 11.3 Å². The van der Waals surface area contributed by atoms with E-state index in [0.29, 0.717) is 5.92 Å². The molecule has 1 heteroatoms. The summed E-state index contributed by atoms with van der Waals surface area (Å²) in [4.78, 5) is 0. The van der Waals surface area contributed by atoms with Gasteiger partial charge < -0.3 is 0 Å². The van der Waals surface area contributed by atoms with Crippen LogP contribution in [0.3, 0.4) is 0 Å². The van der Waals surface area contributed by atoms with E-state index in [-0.39, 0.29) is 0 Å². The molecule has 8 aromatic carbocycles. The molecule has 0 nitrogen and oxygen atoms in total. The highest BCUT2D eigenvalue weighted by Crippen LogP contribution is 2.43. The normalized spacial score (nSPS) is 15.3. The second-order valence-electron chi connectivity index (χ2n) is 12.4. The van der Waals surface area contributed by atoms with Gasteiger partial charge in [0, 0.05) is 31.5 Å². The molecule has 10 rings (SSSR count). The molecule has 0 saturated carbocycles. The first-order chi connectivity index (χ1) is 22.3. The molecule has 0 fully saturated rings. The third-order valence-electron chi connectivity index (χ3n) is 9.94. The maximum absolute atomic E-state index is 2.49. The Labute approximate surface area is 265 Å². The monoisotopic (exact) mass is 588 g/mol. The molecule has 45 heavy (non-hydrogen) atoms. The van der Waals surface area contributed by atoms with Crippen LogP contribution in [0.15, 0.2) is 152 Å². The lowest BCUT2D eigenvalue weighted by Gasteiger charge is -2.19. The molecule has 0 bridgehead atoms. The Morgan fingerprint density at radius 3 is 1.91 bits per heavy atom. The standard InChI is InChI=1S/C44H28S/c1-2-12-35-33(10-1)34-11-3-4-13-36(34)41-26-32(21-22-37(35)41)30-9-7-8-29(24-30)31-19-17-27-16-18-28-20-23-39-38-14-5-6-15-42(38)45-44(39)43(28)40(27)25-31/h1-7,9-26,29H,8H2. The van der Waals surface area contributed by atoms with E-state index in [1.54, 1.807) is 0 Å². The fraction of sp³-hybridized carbons (Fsp3) is 0.0455. The zero-order chi connectivity index (χ0) is 29.5. The summed E-state index contributed by atoms with van der Waals surface area (Å²) < 4.78 is 2.75. The minimum Gasteiger partial charge on any atom is -0.135 e. The molecule has 1 unspecified atom stereocenters. The minimum absolute atomic E-state index is 0.329. The average molecular weight is 589 g/mol. The lowest BCUT2D eigenvalue weighted by Crippen LogP contribution is -1.99. The van der Waals surface area contributed by atoms with Crippen molar-refractivity contribution < 1.29 is 0 Å². The third-order valence-corrected chi connectivity index (χ3v) is 11.1. The van der Waals surface area contributed by atoms with Crippen LogP contribution in [-0.2, 0) is 0 Å². The number of fused-ring (bicyclic) bond motifs is 13. The Morgan fingerprint density at radius 1 is 0.489 bits per heavy atom. The zero-order valence-electron chi connectivity index (χ0n) is 24.6. The van der Waals surface area contributed by atoms with Gasteiger partial charge in [-0.2, -0.15) is 0 Å². The highest BCUT2D eigenvalue weighted by Gasteiger charge is 2.17. The maximum Gasteiger partial charge on any atom is 0.0440 e. The van der Waals surface area contributed by atoms with Gasteiger partial charge in [-0.05, 0) is 89.8 Å². The van der Waals surface area contributed by atoms with E-state index in [0.717, 1.165) is 6.42 Å². The van der Waals surface area contributed by atoms with Crippen molar-refractivity contribution in [3.05, 3.63) is 163 Å². The molecule has 1 aromatic heterocycles. The molecule has 1 aliphatic carbocycles. The fourth-order valence-electron chi connectivity index (χ4n) is 7.76. The van der Waals surface area contributed by atoms with Gasteiger partial charge >= 0.3 is 0 Å². The van der Waals surface area contributed by atoms with Crippen molar-refractivity contribution in [3.8, 4) is 0 Å². The van der Waals surface area contributed by atoms with Gasteiger partial charge in [-0.1, -0.05) is 133 Å². The van der Waals surface area contributed by atoms with Gasteiger partial charge in [0.2, 0.25) is 0 Å². The topological polar surface area (TPSA) is 0 Å². The van der Waals surface area contributed by atoms with E-state index >= 15 is 0 Å². The van der Waals surface area contributed by atoms with Crippen LogP contribution < -0.4 is 0 Å². The van der Waals surface area contributed by atoms with E-state index in [2.05, 4.69) is 152 Å². The minimum atomic E-state index is 0.329. The van der Waals surface area contributed by atoms with Crippen molar-refractivity contribution in [1.29, 1.82) is 0 Å². The van der Waals surface area contributed by atoms with Crippen LogP contribution in [-0.4, -0.2) is 0 Å². The Hall–Kier alpha value is -5.24. The summed E-state index contributed by atoms with van der Waals surface area (Å²) >= 11 is 1.92.